The predicted octanol–water partition coefficient (Wildman–Crippen LogP) is 2.22. The van der Waals surface area contributed by atoms with Crippen molar-refractivity contribution in [3.63, 3.8) is 0 Å². The lowest BCUT2D eigenvalue weighted by molar-refractivity contribution is -0.384. The standard InChI is InChI=1S/C22H26N6O4/c1-15-11-16(2)23-21-20(15)22(24-25(21)3)32-14-19(29)27-9-7-26(8-10-27)13-17-5-4-6-18(12-17)28(30)31/h4-6,11-12H,7-10,13-14H2,1-3H3. The van der Waals surface area contributed by atoms with Gasteiger partial charge in [0, 0.05) is 57.6 Å². The highest BCUT2D eigenvalue weighted by Crippen LogP contribution is 2.27. The highest BCUT2D eigenvalue weighted by molar-refractivity contribution is 5.85. The summed E-state index contributed by atoms with van der Waals surface area (Å²) in [5.74, 6) is 0.335. The molecule has 0 bridgehead atoms. The molecule has 1 fully saturated rings. The van der Waals surface area contributed by atoms with E-state index in [2.05, 4.69) is 15.0 Å². The highest BCUT2D eigenvalue weighted by Gasteiger charge is 2.23. The normalized spacial score (nSPS) is 14.7. The zero-order valence-electron chi connectivity index (χ0n) is 18.4. The number of non-ortho nitro benzene ring substituents is 1. The Hall–Kier alpha value is -3.53. The molecule has 10 nitrogen and oxygen atoms in total. The number of rotatable bonds is 6. The van der Waals surface area contributed by atoms with E-state index in [1.165, 1.54) is 6.07 Å². The molecule has 4 rings (SSSR count). The number of pyridine rings is 1. The smallest absolute Gasteiger partial charge is 0.269 e. The van der Waals surface area contributed by atoms with Crippen LogP contribution in [0.15, 0.2) is 30.3 Å². The molecule has 168 valence electrons. The number of aryl methyl sites for hydroxylation is 3. The van der Waals surface area contributed by atoms with E-state index in [4.69, 9.17) is 4.74 Å². The SMILES string of the molecule is Cc1cc(C)c2c(OCC(=O)N3CCN(Cc4cccc([N+](=O)[O-])c4)CC3)nn(C)c2n1. The zero-order chi connectivity index (χ0) is 22.8. The van der Waals surface area contributed by atoms with Gasteiger partial charge in [-0.25, -0.2) is 9.67 Å². The van der Waals surface area contributed by atoms with Gasteiger partial charge in [0.05, 0.1) is 10.3 Å². The van der Waals surface area contributed by atoms with Crippen LogP contribution in [-0.2, 0) is 18.4 Å². The molecule has 2 aromatic heterocycles. The summed E-state index contributed by atoms with van der Waals surface area (Å²) in [6, 6.07) is 8.64. The lowest BCUT2D eigenvalue weighted by atomic mass is 10.1. The van der Waals surface area contributed by atoms with Crippen LogP contribution in [0.1, 0.15) is 16.8 Å². The Balaban J connectivity index is 1.32. The number of nitro groups is 1. The minimum atomic E-state index is -0.385. The Kier molecular flexibility index (Phi) is 6.04. The Labute approximate surface area is 185 Å². The third kappa shape index (κ3) is 4.54. The Bertz CT molecular complexity index is 1170. The number of piperazine rings is 1. The fourth-order valence-electron chi connectivity index (χ4n) is 4.05. The van der Waals surface area contributed by atoms with Gasteiger partial charge in [0.25, 0.3) is 11.6 Å². The predicted molar refractivity (Wildman–Crippen MR) is 118 cm³/mol. The molecule has 0 spiro atoms. The number of aromatic nitrogens is 3. The summed E-state index contributed by atoms with van der Waals surface area (Å²) in [5.41, 5.74) is 3.64. The minimum absolute atomic E-state index is 0.0791. The first-order valence-corrected chi connectivity index (χ1v) is 10.5. The lowest BCUT2D eigenvalue weighted by Crippen LogP contribution is -2.49. The molecular weight excluding hydrogens is 412 g/mol. The number of benzene rings is 1. The van der Waals surface area contributed by atoms with E-state index in [0.717, 1.165) is 27.9 Å². The van der Waals surface area contributed by atoms with Gasteiger partial charge in [0.2, 0.25) is 5.88 Å². The Morgan fingerprint density at radius 2 is 1.94 bits per heavy atom. The summed E-state index contributed by atoms with van der Waals surface area (Å²) in [6.45, 7) is 7.01. The van der Waals surface area contributed by atoms with Gasteiger partial charge in [0.15, 0.2) is 12.3 Å². The molecule has 0 N–H and O–H groups in total. The highest BCUT2D eigenvalue weighted by atomic mass is 16.6. The van der Waals surface area contributed by atoms with E-state index in [1.54, 1.807) is 21.7 Å². The van der Waals surface area contributed by atoms with Gasteiger partial charge in [-0.1, -0.05) is 12.1 Å². The van der Waals surface area contributed by atoms with Gasteiger partial charge in [-0.3, -0.25) is 19.8 Å². The molecule has 32 heavy (non-hydrogen) atoms. The molecule has 3 aromatic rings. The Morgan fingerprint density at radius 1 is 1.19 bits per heavy atom. The van der Waals surface area contributed by atoms with Gasteiger partial charge in [0.1, 0.15) is 0 Å². The number of nitro benzene ring substituents is 1. The van der Waals surface area contributed by atoms with Crippen molar-refractivity contribution in [2.24, 2.45) is 7.05 Å². The molecule has 0 unspecified atom stereocenters. The molecule has 0 aliphatic carbocycles. The second kappa shape index (κ2) is 8.91. The monoisotopic (exact) mass is 438 g/mol. The second-order valence-electron chi connectivity index (χ2n) is 8.08. The fraction of sp³-hybridized carbons (Fsp3) is 0.409. The third-order valence-corrected chi connectivity index (χ3v) is 5.67. The molecule has 1 aliphatic heterocycles. The molecular formula is C22H26N6O4. The van der Waals surface area contributed by atoms with Crippen LogP contribution in [-0.4, -0.2) is 68.2 Å². The van der Waals surface area contributed by atoms with Crippen LogP contribution >= 0.6 is 0 Å². The first-order valence-electron chi connectivity index (χ1n) is 10.5. The van der Waals surface area contributed by atoms with Crippen LogP contribution < -0.4 is 4.74 Å². The summed E-state index contributed by atoms with van der Waals surface area (Å²) in [4.78, 5) is 31.8. The van der Waals surface area contributed by atoms with Crippen molar-refractivity contribution in [3.05, 3.63) is 57.3 Å². The number of hydrogen-bond acceptors (Lipinski definition) is 7. The minimum Gasteiger partial charge on any atom is -0.466 e. The number of carbonyl (C=O) groups is 1. The average Bonchev–Trinajstić information content (AvgIpc) is 3.08. The van der Waals surface area contributed by atoms with E-state index in [1.807, 2.05) is 33.0 Å². The van der Waals surface area contributed by atoms with E-state index >= 15 is 0 Å². The molecule has 0 saturated carbocycles. The van der Waals surface area contributed by atoms with Crippen molar-refractivity contribution in [1.29, 1.82) is 0 Å². The van der Waals surface area contributed by atoms with Gasteiger partial charge < -0.3 is 9.64 Å². The average molecular weight is 438 g/mol. The van der Waals surface area contributed by atoms with Crippen molar-refractivity contribution in [3.8, 4) is 5.88 Å². The van der Waals surface area contributed by atoms with E-state index < -0.39 is 0 Å². The lowest BCUT2D eigenvalue weighted by Gasteiger charge is -2.34. The third-order valence-electron chi connectivity index (χ3n) is 5.67. The molecule has 1 saturated heterocycles. The van der Waals surface area contributed by atoms with Crippen LogP contribution in [0.25, 0.3) is 11.0 Å². The number of amides is 1. The quantitative estimate of drug-likeness (QED) is 0.429. The van der Waals surface area contributed by atoms with Crippen molar-refractivity contribution in [1.82, 2.24) is 24.6 Å². The van der Waals surface area contributed by atoms with Crippen molar-refractivity contribution in [2.75, 3.05) is 32.8 Å². The zero-order valence-corrected chi connectivity index (χ0v) is 18.4. The molecule has 1 aliphatic rings. The van der Waals surface area contributed by atoms with Gasteiger partial charge >= 0.3 is 0 Å². The maximum atomic E-state index is 12.7. The van der Waals surface area contributed by atoms with E-state index in [0.29, 0.717) is 38.6 Å². The Morgan fingerprint density at radius 3 is 2.66 bits per heavy atom. The topological polar surface area (TPSA) is 107 Å². The molecule has 0 atom stereocenters. The van der Waals surface area contributed by atoms with Gasteiger partial charge in [-0.05, 0) is 31.0 Å². The van der Waals surface area contributed by atoms with Crippen LogP contribution in [0, 0.1) is 24.0 Å². The van der Waals surface area contributed by atoms with Crippen molar-refractivity contribution in [2.45, 2.75) is 20.4 Å². The van der Waals surface area contributed by atoms with Crippen molar-refractivity contribution >= 4 is 22.6 Å². The number of fused-ring (bicyclic) bond motifs is 1. The van der Waals surface area contributed by atoms with E-state index in [-0.39, 0.29) is 23.1 Å². The van der Waals surface area contributed by atoms with E-state index in [9.17, 15) is 14.9 Å². The number of hydrogen-bond donors (Lipinski definition) is 0. The van der Waals surface area contributed by atoms with Crippen molar-refractivity contribution < 1.29 is 14.5 Å². The first kappa shape index (κ1) is 21.7. The maximum Gasteiger partial charge on any atom is 0.269 e. The number of ether oxygens (including phenoxy) is 1. The van der Waals surface area contributed by atoms with Crippen LogP contribution in [0.3, 0.4) is 0 Å². The largest absolute Gasteiger partial charge is 0.466 e. The molecule has 0 radical (unpaired) electrons. The fourth-order valence-corrected chi connectivity index (χ4v) is 4.05. The maximum absolute atomic E-state index is 12.7. The molecule has 3 heterocycles. The summed E-state index contributed by atoms with van der Waals surface area (Å²) in [5, 5.41) is 16.2. The van der Waals surface area contributed by atoms with Crippen LogP contribution in [0.5, 0.6) is 5.88 Å². The molecule has 1 amide bonds. The van der Waals surface area contributed by atoms with Crippen LogP contribution in [0.2, 0.25) is 0 Å². The second-order valence-corrected chi connectivity index (χ2v) is 8.08. The number of nitrogens with zero attached hydrogens (tertiary/aromatic N) is 6. The van der Waals surface area contributed by atoms with Gasteiger partial charge in [-0.2, -0.15) is 0 Å². The number of carbonyl (C=O) groups excluding carboxylic acids is 1. The molecule has 1 aromatic carbocycles. The summed E-state index contributed by atoms with van der Waals surface area (Å²) in [7, 11) is 1.81. The van der Waals surface area contributed by atoms with Gasteiger partial charge in [-0.15, -0.1) is 5.10 Å². The van der Waals surface area contributed by atoms with Crippen LogP contribution in [0.4, 0.5) is 5.69 Å². The summed E-state index contributed by atoms with van der Waals surface area (Å²) in [6.07, 6.45) is 0. The summed E-state index contributed by atoms with van der Waals surface area (Å²) >= 11 is 0. The summed E-state index contributed by atoms with van der Waals surface area (Å²) < 4.78 is 7.46. The first-order chi connectivity index (χ1) is 15.3. The molecule has 10 heteroatoms.